The first-order chi connectivity index (χ1) is 12.0. The first kappa shape index (κ1) is 17.3. The molecule has 1 unspecified atom stereocenters. The maximum Gasteiger partial charge on any atom is 0.319 e. The van der Waals surface area contributed by atoms with Gasteiger partial charge in [0.1, 0.15) is 6.04 Å². The van der Waals surface area contributed by atoms with E-state index in [2.05, 4.69) is 10.6 Å². The van der Waals surface area contributed by atoms with E-state index >= 15 is 0 Å². The van der Waals surface area contributed by atoms with Crippen LogP contribution in [0.15, 0.2) is 42.5 Å². The molecule has 0 radical (unpaired) electrons. The summed E-state index contributed by atoms with van der Waals surface area (Å²) < 4.78 is 0. The third kappa shape index (κ3) is 3.77. The number of fused-ring (bicyclic) bond motifs is 1. The number of rotatable bonds is 3. The van der Waals surface area contributed by atoms with Crippen molar-refractivity contribution in [2.24, 2.45) is 0 Å². The average Bonchev–Trinajstić information content (AvgIpc) is 3.00. The van der Waals surface area contributed by atoms with Gasteiger partial charge in [-0.1, -0.05) is 35.9 Å². The third-order valence-electron chi connectivity index (χ3n) is 4.24. The van der Waals surface area contributed by atoms with Gasteiger partial charge in [-0.15, -0.1) is 0 Å². The van der Waals surface area contributed by atoms with Crippen LogP contribution in [0.1, 0.15) is 18.1 Å². The van der Waals surface area contributed by atoms with Crippen molar-refractivity contribution in [3.05, 3.63) is 58.6 Å². The summed E-state index contributed by atoms with van der Waals surface area (Å²) in [7, 11) is 0. The largest absolute Gasteiger partial charge is 0.326 e. The first-order valence-electron chi connectivity index (χ1n) is 8.18. The fourth-order valence-corrected chi connectivity index (χ4v) is 3.22. The number of aryl methyl sites for hydroxylation is 1. The van der Waals surface area contributed by atoms with Gasteiger partial charge in [0.2, 0.25) is 5.91 Å². The number of carbonyl (C=O) groups is 2. The molecular weight excluding hydrogens is 338 g/mol. The van der Waals surface area contributed by atoms with Gasteiger partial charge in [-0.2, -0.15) is 0 Å². The molecule has 6 heteroatoms. The van der Waals surface area contributed by atoms with Crippen molar-refractivity contribution < 1.29 is 9.59 Å². The summed E-state index contributed by atoms with van der Waals surface area (Å²) in [6.07, 6.45) is 0.833. The highest BCUT2D eigenvalue weighted by Crippen LogP contribution is 2.28. The van der Waals surface area contributed by atoms with Gasteiger partial charge in [0.25, 0.3) is 0 Å². The van der Waals surface area contributed by atoms with E-state index in [0.717, 1.165) is 23.2 Å². The number of anilines is 2. The molecule has 0 fully saturated rings. The van der Waals surface area contributed by atoms with E-state index in [1.54, 1.807) is 24.0 Å². The van der Waals surface area contributed by atoms with Gasteiger partial charge in [0.15, 0.2) is 0 Å². The molecule has 0 saturated heterocycles. The fraction of sp³-hybridized carbons (Fsp3) is 0.263. The number of nitrogens with zero attached hydrogens (tertiary/aromatic N) is 1. The number of hydrogen-bond acceptors (Lipinski definition) is 2. The van der Waals surface area contributed by atoms with Crippen LogP contribution in [0.4, 0.5) is 16.2 Å². The number of para-hydroxylation sites is 1. The van der Waals surface area contributed by atoms with E-state index in [1.807, 2.05) is 37.3 Å². The summed E-state index contributed by atoms with van der Waals surface area (Å²) in [4.78, 5) is 26.6. The molecule has 0 spiro atoms. The van der Waals surface area contributed by atoms with Crippen molar-refractivity contribution in [2.75, 3.05) is 16.8 Å². The van der Waals surface area contributed by atoms with Crippen molar-refractivity contribution in [3.63, 3.8) is 0 Å². The molecule has 0 aromatic heterocycles. The van der Waals surface area contributed by atoms with Gasteiger partial charge in [-0.3, -0.25) is 4.79 Å². The number of hydrogen-bond donors (Lipinski definition) is 2. The van der Waals surface area contributed by atoms with Gasteiger partial charge in [0, 0.05) is 12.2 Å². The van der Waals surface area contributed by atoms with E-state index in [-0.39, 0.29) is 5.91 Å². The SMILES string of the molecule is Cc1ccc(NC(=O)NC(C)C(=O)N2CCc3ccccc32)c(Cl)c1. The smallest absolute Gasteiger partial charge is 0.319 e. The van der Waals surface area contributed by atoms with Gasteiger partial charge < -0.3 is 15.5 Å². The molecule has 0 aliphatic carbocycles. The maximum atomic E-state index is 12.7. The number of halogens is 1. The second kappa shape index (κ2) is 7.15. The average molecular weight is 358 g/mol. The van der Waals surface area contributed by atoms with Crippen LogP contribution in [0.5, 0.6) is 0 Å². The topological polar surface area (TPSA) is 61.4 Å². The Morgan fingerprint density at radius 2 is 1.96 bits per heavy atom. The molecule has 2 N–H and O–H groups in total. The Labute approximate surface area is 152 Å². The van der Waals surface area contributed by atoms with Gasteiger partial charge >= 0.3 is 6.03 Å². The molecular formula is C19H20ClN3O2. The molecule has 0 bridgehead atoms. The van der Waals surface area contributed by atoms with Crippen molar-refractivity contribution in [3.8, 4) is 0 Å². The molecule has 1 heterocycles. The Morgan fingerprint density at radius 1 is 1.20 bits per heavy atom. The van der Waals surface area contributed by atoms with Gasteiger partial charge in [-0.25, -0.2) is 4.79 Å². The van der Waals surface area contributed by atoms with Crippen LogP contribution < -0.4 is 15.5 Å². The molecule has 2 aromatic rings. The highest BCUT2D eigenvalue weighted by molar-refractivity contribution is 6.33. The summed E-state index contributed by atoms with van der Waals surface area (Å²) in [6, 6.07) is 12.1. The van der Waals surface area contributed by atoms with E-state index < -0.39 is 12.1 Å². The van der Waals surface area contributed by atoms with Crippen molar-refractivity contribution in [1.29, 1.82) is 0 Å². The second-order valence-corrected chi connectivity index (χ2v) is 6.58. The van der Waals surface area contributed by atoms with E-state index in [1.165, 1.54) is 0 Å². The summed E-state index contributed by atoms with van der Waals surface area (Å²) in [6.45, 7) is 4.24. The van der Waals surface area contributed by atoms with Crippen LogP contribution in [0.3, 0.4) is 0 Å². The Kier molecular flexibility index (Phi) is 4.95. The van der Waals surface area contributed by atoms with Crippen LogP contribution >= 0.6 is 11.6 Å². The molecule has 1 aliphatic heterocycles. The lowest BCUT2D eigenvalue weighted by Crippen LogP contribution is -2.47. The predicted molar refractivity (Wildman–Crippen MR) is 100 cm³/mol. The summed E-state index contributed by atoms with van der Waals surface area (Å²) in [5, 5.41) is 5.82. The Morgan fingerprint density at radius 3 is 2.72 bits per heavy atom. The highest BCUT2D eigenvalue weighted by Gasteiger charge is 2.28. The summed E-state index contributed by atoms with van der Waals surface area (Å²) in [5.74, 6) is -0.130. The first-order valence-corrected chi connectivity index (χ1v) is 8.56. The number of amides is 3. The molecule has 1 aliphatic rings. The molecule has 2 aromatic carbocycles. The van der Waals surface area contributed by atoms with Crippen molar-refractivity contribution >= 4 is 34.9 Å². The lowest BCUT2D eigenvalue weighted by Gasteiger charge is -2.22. The van der Waals surface area contributed by atoms with Crippen LogP contribution in [0.2, 0.25) is 5.02 Å². The van der Waals surface area contributed by atoms with Gasteiger partial charge in [-0.05, 0) is 49.6 Å². The number of urea groups is 1. The lowest BCUT2D eigenvalue weighted by molar-refractivity contribution is -0.119. The lowest BCUT2D eigenvalue weighted by atomic mass is 10.2. The monoisotopic (exact) mass is 357 g/mol. The zero-order valence-electron chi connectivity index (χ0n) is 14.2. The van der Waals surface area contributed by atoms with E-state index in [0.29, 0.717) is 17.3 Å². The van der Waals surface area contributed by atoms with Crippen LogP contribution in [-0.2, 0) is 11.2 Å². The highest BCUT2D eigenvalue weighted by atomic mass is 35.5. The number of benzene rings is 2. The molecule has 3 amide bonds. The molecule has 130 valence electrons. The quantitative estimate of drug-likeness (QED) is 0.878. The van der Waals surface area contributed by atoms with Crippen molar-refractivity contribution in [2.45, 2.75) is 26.3 Å². The minimum Gasteiger partial charge on any atom is -0.326 e. The zero-order valence-corrected chi connectivity index (χ0v) is 14.9. The summed E-state index contributed by atoms with van der Waals surface area (Å²) >= 11 is 6.11. The predicted octanol–water partition coefficient (Wildman–Crippen LogP) is 3.75. The van der Waals surface area contributed by atoms with Crippen LogP contribution in [-0.4, -0.2) is 24.5 Å². The van der Waals surface area contributed by atoms with Crippen molar-refractivity contribution in [1.82, 2.24) is 5.32 Å². The molecule has 1 atom stereocenters. The van der Waals surface area contributed by atoms with E-state index in [9.17, 15) is 9.59 Å². The van der Waals surface area contributed by atoms with Gasteiger partial charge in [0.05, 0.1) is 10.7 Å². The molecule has 3 rings (SSSR count). The Hall–Kier alpha value is -2.53. The minimum atomic E-state index is -0.643. The standard InChI is InChI=1S/C19H20ClN3O2/c1-12-7-8-16(15(20)11-12)22-19(25)21-13(2)18(24)23-10-9-14-5-3-4-6-17(14)23/h3-8,11,13H,9-10H2,1-2H3,(H2,21,22,25). The second-order valence-electron chi connectivity index (χ2n) is 6.17. The molecule has 0 saturated carbocycles. The zero-order chi connectivity index (χ0) is 18.0. The van der Waals surface area contributed by atoms with E-state index in [4.69, 9.17) is 11.6 Å². The van der Waals surface area contributed by atoms with Crippen LogP contribution in [0.25, 0.3) is 0 Å². The fourth-order valence-electron chi connectivity index (χ4n) is 2.94. The third-order valence-corrected chi connectivity index (χ3v) is 4.56. The number of nitrogens with one attached hydrogen (secondary N) is 2. The normalized spacial score (nSPS) is 14.0. The Balaban J connectivity index is 1.63. The van der Waals surface area contributed by atoms with Crippen LogP contribution in [0, 0.1) is 6.92 Å². The Bertz CT molecular complexity index is 822. The summed E-state index contributed by atoms with van der Waals surface area (Å²) in [5.41, 5.74) is 3.59. The number of carbonyl (C=O) groups excluding carboxylic acids is 2. The molecule has 25 heavy (non-hydrogen) atoms. The maximum absolute atomic E-state index is 12.7. The minimum absolute atomic E-state index is 0.130. The molecule has 5 nitrogen and oxygen atoms in total.